The molecule has 0 aliphatic carbocycles. The van der Waals surface area contributed by atoms with Gasteiger partial charge in [-0.2, -0.15) is 0 Å². The molecule has 8 aromatic carbocycles. The first-order chi connectivity index (χ1) is 27.2. The van der Waals surface area contributed by atoms with Crippen molar-refractivity contribution in [2.75, 3.05) is 0 Å². The highest BCUT2D eigenvalue weighted by molar-refractivity contribution is 7.26. The molecule has 0 N–H and O–H groups in total. The maximum absolute atomic E-state index is 5.29. The van der Waals surface area contributed by atoms with E-state index in [9.17, 15) is 0 Å². The molecule has 0 amide bonds. The van der Waals surface area contributed by atoms with E-state index in [0.717, 1.165) is 27.9 Å². The Balaban J connectivity index is 0.950. The molecule has 4 heterocycles. The minimum atomic E-state index is 1.01. The van der Waals surface area contributed by atoms with Crippen LogP contribution < -0.4 is 0 Å². The summed E-state index contributed by atoms with van der Waals surface area (Å²) in [5.41, 5.74) is 13.9. The number of fused-ring (bicyclic) bond motifs is 11. The smallest absolute Gasteiger partial charge is 0.156 e. The zero-order valence-electron chi connectivity index (χ0n) is 29.6. The van der Waals surface area contributed by atoms with Gasteiger partial charge in [-0.3, -0.25) is 4.40 Å². The first-order valence-electron chi connectivity index (χ1n) is 18.7. The summed E-state index contributed by atoms with van der Waals surface area (Å²) in [6.07, 6.45) is 0. The van der Waals surface area contributed by atoms with Crippen LogP contribution in [0.25, 0.3) is 109 Å². The number of benzene rings is 8. The van der Waals surface area contributed by atoms with E-state index in [2.05, 4.69) is 197 Å². The third-order valence-corrected chi connectivity index (χ3v) is 12.5. The zero-order valence-corrected chi connectivity index (χ0v) is 30.5. The van der Waals surface area contributed by atoms with Gasteiger partial charge in [-0.25, -0.2) is 4.98 Å². The van der Waals surface area contributed by atoms with Crippen LogP contribution in [0, 0.1) is 0 Å². The number of pyridine rings is 1. The van der Waals surface area contributed by atoms with Crippen molar-refractivity contribution in [2.45, 2.75) is 0 Å². The summed E-state index contributed by atoms with van der Waals surface area (Å²) < 4.78 is 7.26. The van der Waals surface area contributed by atoms with Crippen LogP contribution in [0.3, 0.4) is 0 Å². The quantitative estimate of drug-likeness (QED) is 0.178. The first kappa shape index (κ1) is 30.5. The summed E-state index contributed by atoms with van der Waals surface area (Å²) in [6.45, 7) is 0. The Morgan fingerprint density at radius 1 is 0.400 bits per heavy atom. The fraction of sp³-hybridized carbons (Fsp3) is 0. The highest BCUT2D eigenvalue weighted by Crippen LogP contribution is 2.41. The van der Waals surface area contributed by atoms with Gasteiger partial charge < -0.3 is 4.57 Å². The van der Waals surface area contributed by atoms with E-state index in [1.807, 2.05) is 11.3 Å². The maximum Gasteiger partial charge on any atom is 0.156 e. The average molecular weight is 718 g/mol. The molecule has 0 fully saturated rings. The van der Waals surface area contributed by atoms with Gasteiger partial charge in [-0.1, -0.05) is 140 Å². The third-order valence-electron chi connectivity index (χ3n) is 11.3. The zero-order chi connectivity index (χ0) is 36.0. The summed E-state index contributed by atoms with van der Waals surface area (Å²) >= 11 is 1.83. The van der Waals surface area contributed by atoms with Crippen molar-refractivity contribution >= 4 is 80.8 Å². The normalized spacial score (nSPS) is 12.0. The van der Waals surface area contributed by atoms with E-state index in [0.29, 0.717) is 0 Å². The molecule has 0 saturated heterocycles. The van der Waals surface area contributed by atoms with Crippen molar-refractivity contribution in [1.29, 1.82) is 0 Å². The van der Waals surface area contributed by atoms with Gasteiger partial charge >= 0.3 is 0 Å². The van der Waals surface area contributed by atoms with E-state index in [4.69, 9.17) is 4.98 Å². The van der Waals surface area contributed by atoms with Crippen molar-refractivity contribution in [1.82, 2.24) is 14.0 Å². The second-order valence-corrected chi connectivity index (χ2v) is 15.5. The van der Waals surface area contributed by atoms with Gasteiger partial charge in [0.25, 0.3) is 0 Å². The van der Waals surface area contributed by atoms with Crippen LogP contribution in [-0.4, -0.2) is 14.0 Å². The Labute approximate surface area is 320 Å². The summed E-state index contributed by atoms with van der Waals surface area (Å²) in [4.78, 5) is 5.29. The van der Waals surface area contributed by atoms with Gasteiger partial charge in [-0.15, -0.1) is 11.3 Å². The fourth-order valence-corrected chi connectivity index (χ4v) is 9.80. The molecule has 3 nitrogen and oxygen atoms in total. The van der Waals surface area contributed by atoms with Crippen LogP contribution in [0.2, 0.25) is 0 Å². The Bertz CT molecular complexity index is 3450. The minimum Gasteiger partial charge on any atom is -0.309 e. The molecule has 256 valence electrons. The van der Waals surface area contributed by atoms with Crippen molar-refractivity contribution in [3.05, 3.63) is 188 Å². The van der Waals surface area contributed by atoms with Gasteiger partial charge in [0.1, 0.15) is 0 Å². The van der Waals surface area contributed by atoms with Crippen LogP contribution in [0.1, 0.15) is 0 Å². The lowest BCUT2D eigenvalue weighted by molar-refractivity contribution is 1.18. The topological polar surface area (TPSA) is 22.2 Å². The number of rotatable bonds is 4. The minimum absolute atomic E-state index is 1.01. The number of thiophene rings is 1. The Kier molecular flexibility index (Phi) is 6.50. The van der Waals surface area contributed by atoms with E-state index in [-0.39, 0.29) is 0 Å². The van der Waals surface area contributed by atoms with Crippen molar-refractivity contribution in [3.63, 3.8) is 0 Å². The van der Waals surface area contributed by atoms with Crippen molar-refractivity contribution in [3.8, 4) is 39.2 Å². The van der Waals surface area contributed by atoms with E-state index in [1.54, 1.807) is 0 Å². The molecule has 55 heavy (non-hydrogen) atoms. The lowest BCUT2D eigenvalue weighted by atomic mass is 9.98. The molecule has 4 aromatic heterocycles. The molecular weight excluding hydrogens is 687 g/mol. The average Bonchev–Trinajstić information content (AvgIpc) is 3.92. The second-order valence-electron chi connectivity index (χ2n) is 14.4. The number of imidazole rings is 1. The van der Waals surface area contributed by atoms with Crippen molar-refractivity contribution < 1.29 is 0 Å². The van der Waals surface area contributed by atoms with Gasteiger partial charge in [0.05, 0.1) is 32.5 Å². The number of para-hydroxylation sites is 2. The fourth-order valence-electron chi connectivity index (χ4n) is 8.64. The summed E-state index contributed by atoms with van der Waals surface area (Å²) in [7, 11) is 0. The predicted molar refractivity (Wildman–Crippen MR) is 234 cm³/mol. The summed E-state index contributed by atoms with van der Waals surface area (Å²) in [6, 6.07) is 68.4. The van der Waals surface area contributed by atoms with E-state index in [1.165, 1.54) is 80.7 Å². The molecule has 0 aliphatic rings. The predicted octanol–water partition coefficient (Wildman–Crippen LogP) is 14.1. The maximum atomic E-state index is 5.29. The van der Waals surface area contributed by atoms with Gasteiger partial charge in [-0.05, 0) is 87.1 Å². The van der Waals surface area contributed by atoms with Crippen LogP contribution >= 0.6 is 11.3 Å². The highest BCUT2D eigenvalue weighted by atomic mass is 32.1. The van der Waals surface area contributed by atoms with Gasteiger partial charge in [0.2, 0.25) is 0 Å². The first-order valence-corrected chi connectivity index (χ1v) is 19.5. The Hall–Kier alpha value is -7.01. The van der Waals surface area contributed by atoms with Crippen molar-refractivity contribution in [2.24, 2.45) is 0 Å². The highest BCUT2D eigenvalue weighted by Gasteiger charge is 2.19. The summed E-state index contributed by atoms with van der Waals surface area (Å²) in [5, 5.41) is 7.49. The molecule has 0 radical (unpaired) electrons. The van der Waals surface area contributed by atoms with Crippen LogP contribution in [0.4, 0.5) is 0 Å². The third kappa shape index (κ3) is 4.65. The SMILES string of the molecule is c1ccc(-n2c3ccccc3c3ccc(-c4ccc(-c5ccc(-c6cc7c8ccccc8sc7c7nc8cc9ccccc9cc8n67)cc5)cc4)cc32)cc1. The van der Waals surface area contributed by atoms with E-state index < -0.39 is 0 Å². The van der Waals surface area contributed by atoms with Crippen LogP contribution in [-0.2, 0) is 0 Å². The number of aromatic nitrogens is 3. The number of hydrogen-bond acceptors (Lipinski definition) is 2. The lowest BCUT2D eigenvalue weighted by Crippen LogP contribution is -1.93. The second kappa shape index (κ2) is 11.7. The van der Waals surface area contributed by atoms with Crippen LogP contribution in [0.15, 0.2) is 188 Å². The molecular formula is C51H31N3S. The van der Waals surface area contributed by atoms with Crippen LogP contribution in [0.5, 0.6) is 0 Å². The summed E-state index contributed by atoms with van der Waals surface area (Å²) in [5.74, 6) is 0. The number of nitrogens with zero attached hydrogens (tertiary/aromatic N) is 3. The lowest BCUT2D eigenvalue weighted by Gasteiger charge is -2.11. The Morgan fingerprint density at radius 3 is 1.78 bits per heavy atom. The molecule has 12 aromatic rings. The molecule has 0 unspecified atom stereocenters. The van der Waals surface area contributed by atoms with Gasteiger partial charge in [0.15, 0.2) is 5.65 Å². The standard InChI is InChI=1S/C51H31N3S/c1-2-12-39(13-3-1)53-45-16-8-6-14-40(45)41-27-26-38(29-47(41)53)34-20-18-32(19-21-34)33-22-24-35(25-23-33)46-31-43-42-15-7-9-17-49(42)55-50(43)51-52-44-28-36-10-4-5-11-37(36)30-48(44)54(46)51/h1-31H. The molecule has 4 heteroatoms. The molecule has 0 aliphatic heterocycles. The number of hydrogen-bond donors (Lipinski definition) is 0. The van der Waals surface area contributed by atoms with E-state index >= 15 is 0 Å². The Morgan fingerprint density at radius 2 is 1.00 bits per heavy atom. The molecule has 0 saturated carbocycles. The molecule has 0 spiro atoms. The van der Waals surface area contributed by atoms with Gasteiger partial charge in [0, 0.05) is 31.9 Å². The molecule has 0 bridgehead atoms. The monoisotopic (exact) mass is 717 g/mol. The largest absolute Gasteiger partial charge is 0.309 e. The molecule has 12 rings (SSSR count). The molecule has 0 atom stereocenters.